The van der Waals surface area contributed by atoms with Crippen LogP contribution in [0.5, 0.6) is 0 Å². The molecule has 6 nitrogen and oxygen atoms in total. The minimum Gasteiger partial charge on any atom is -0.353 e. The molecule has 0 saturated heterocycles. The highest BCUT2D eigenvalue weighted by atomic mass is 16.2. The Bertz CT molecular complexity index is 183. The summed E-state index contributed by atoms with van der Waals surface area (Å²) >= 11 is 0. The monoisotopic (exact) mass is 188 g/mol. The van der Waals surface area contributed by atoms with Crippen molar-refractivity contribution in [1.29, 1.82) is 0 Å². The molecule has 13 heavy (non-hydrogen) atoms. The molecule has 0 saturated carbocycles. The van der Waals surface area contributed by atoms with E-state index < -0.39 is 0 Å². The molecule has 0 spiro atoms. The summed E-state index contributed by atoms with van der Waals surface area (Å²) in [4.78, 5) is 21.5. The molecular formula is C7H16N4O2. The van der Waals surface area contributed by atoms with Gasteiger partial charge < -0.3 is 22.1 Å². The molecule has 0 aromatic carbocycles. The lowest BCUT2D eigenvalue weighted by atomic mass is 10.3. The first-order valence-electron chi connectivity index (χ1n) is 4.06. The van der Waals surface area contributed by atoms with Crippen LogP contribution in [0.1, 0.15) is 6.92 Å². The largest absolute Gasteiger partial charge is 0.353 e. The van der Waals surface area contributed by atoms with E-state index >= 15 is 0 Å². The first kappa shape index (κ1) is 11.9. The average Bonchev–Trinajstić information content (AvgIpc) is 2.13. The van der Waals surface area contributed by atoms with Gasteiger partial charge in [-0.05, 0) is 6.92 Å². The van der Waals surface area contributed by atoms with E-state index in [0.717, 1.165) is 0 Å². The third-order valence-electron chi connectivity index (χ3n) is 1.38. The Hall–Kier alpha value is -1.14. The van der Waals surface area contributed by atoms with Crippen LogP contribution < -0.4 is 22.1 Å². The highest BCUT2D eigenvalue weighted by molar-refractivity contribution is 5.79. The number of amides is 2. The van der Waals surface area contributed by atoms with Gasteiger partial charge in [0.15, 0.2) is 0 Å². The molecule has 0 aliphatic rings. The summed E-state index contributed by atoms with van der Waals surface area (Å²) in [6.07, 6.45) is 0. The summed E-state index contributed by atoms with van der Waals surface area (Å²) in [5.74, 6) is -0.483. The SMILES string of the molecule is CC(CNC(=O)CN)NC(=O)CN. The first-order chi connectivity index (χ1) is 6.10. The van der Waals surface area contributed by atoms with Crippen molar-refractivity contribution in [1.82, 2.24) is 10.6 Å². The van der Waals surface area contributed by atoms with Crippen LogP contribution in [0.15, 0.2) is 0 Å². The van der Waals surface area contributed by atoms with Crippen molar-refractivity contribution >= 4 is 11.8 Å². The Morgan fingerprint density at radius 2 is 1.77 bits per heavy atom. The minimum atomic E-state index is -0.242. The summed E-state index contributed by atoms with van der Waals surface area (Å²) in [6, 6.07) is -0.133. The van der Waals surface area contributed by atoms with E-state index in [1.807, 2.05) is 0 Å². The van der Waals surface area contributed by atoms with Crippen molar-refractivity contribution in [3.63, 3.8) is 0 Å². The lowest BCUT2D eigenvalue weighted by molar-refractivity contribution is -0.122. The molecule has 0 aliphatic carbocycles. The summed E-state index contributed by atoms with van der Waals surface area (Å²) in [7, 11) is 0. The Balaban J connectivity index is 3.56. The molecule has 0 rings (SSSR count). The van der Waals surface area contributed by atoms with E-state index in [-0.39, 0.29) is 30.9 Å². The fraction of sp³-hybridized carbons (Fsp3) is 0.714. The van der Waals surface area contributed by atoms with Gasteiger partial charge in [-0.3, -0.25) is 9.59 Å². The lowest BCUT2D eigenvalue weighted by Gasteiger charge is -2.13. The van der Waals surface area contributed by atoms with Crippen molar-refractivity contribution < 1.29 is 9.59 Å². The van der Waals surface area contributed by atoms with Crippen molar-refractivity contribution in [2.75, 3.05) is 19.6 Å². The van der Waals surface area contributed by atoms with Gasteiger partial charge in [-0.25, -0.2) is 0 Å². The molecule has 76 valence electrons. The molecule has 0 aliphatic heterocycles. The molecule has 0 fully saturated rings. The Morgan fingerprint density at radius 3 is 2.23 bits per heavy atom. The van der Waals surface area contributed by atoms with Gasteiger partial charge in [0.2, 0.25) is 11.8 Å². The summed E-state index contributed by atoms with van der Waals surface area (Å²) < 4.78 is 0. The molecule has 1 atom stereocenters. The molecule has 0 heterocycles. The average molecular weight is 188 g/mol. The second-order valence-corrected chi connectivity index (χ2v) is 2.68. The van der Waals surface area contributed by atoms with Crippen LogP contribution in [0.4, 0.5) is 0 Å². The fourth-order valence-electron chi connectivity index (χ4n) is 0.724. The number of nitrogens with two attached hydrogens (primary N) is 2. The quantitative estimate of drug-likeness (QED) is 0.383. The minimum absolute atomic E-state index is 0.0441. The number of hydrogen-bond acceptors (Lipinski definition) is 4. The highest BCUT2D eigenvalue weighted by Gasteiger charge is 2.06. The van der Waals surface area contributed by atoms with E-state index in [1.54, 1.807) is 6.92 Å². The van der Waals surface area contributed by atoms with Crippen LogP contribution in [0, 0.1) is 0 Å². The van der Waals surface area contributed by atoms with Crippen molar-refractivity contribution in [2.45, 2.75) is 13.0 Å². The van der Waals surface area contributed by atoms with E-state index in [0.29, 0.717) is 6.54 Å². The maximum Gasteiger partial charge on any atom is 0.234 e. The van der Waals surface area contributed by atoms with Crippen LogP contribution in [-0.2, 0) is 9.59 Å². The van der Waals surface area contributed by atoms with E-state index in [4.69, 9.17) is 11.5 Å². The van der Waals surface area contributed by atoms with Gasteiger partial charge in [-0.15, -0.1) is 0 Å². The number of hydrogen-bond donors (Lipinski definition) is 4. The van der Waals surface area contributed by atoms with E-state index in [2.05, 4.69) is 10.6 Å². The predicted octanol–water partition coefficient (Wildman–Crippen LogP) is -2.48. The van der Waals surface area contributed by atoms with Gasteiger partial charge in [0.1, 0.15) is 0 Å². The van der Waals surface area contributed by atoms with Crippen molar-refractivity contribution in [2.24, 2.45) is 11.5 Å². The highest BCUT2D eigenvalue weighted by Crippen LogP contribution is 1.77. The van der Waals surface area contributed by atoms with Gasteiger partial charge in [0.25, 0.3) is 0 Å². The van der Waals surface area contributed by atoms with Crippen LogP contribution in [-0.4, -0.2) is 37.5 Å². The van der Waals surface area contributed by atoms with Gasteiger partial charge in [0, 0.05) is 12.6 Å². The van der Waals surface area contributed by atoms with E-state index in [9.17, 15) is 9.59 Å². The second-order valence-electron chi connectivity index (χ2n) is 2.68. The van der Waals surface area contributed by atoms with Gasteiger partial charge in [-0.1, -0.05) is 0 Å². The Kier molecular flexibility index (Phi) is 5.82. The molecule has 6 heteroatoms. The second kappa shape index (κ2) is 6.38. The predicted molar refractivity (Wildman–Crippen MR) is 48.7 cm³/mol. The topological polar surface area (TPSA) is 110 Å². The zero-order valence-electron chi connectivity index (χ0n) is 7.67. The lowest BCUT2D eigenvalue weighted by Crippen LogP contribution is -2.45. The summed E-state index contributed by atoms with van der Waals surface area (Å²) in [5, 5.41) is 5.13. The van der Waals surface area contributed by atoms with Gasteiger partial charge in [0.05, 0.1) is 13.1 Å². The normalized spacial score (nSPS) is 11.9. The van der Waals surface area contributed by atoms with Crippen molar-refractivity contribution in [3.05, 3.63) is 0 Å². The van der Waals surface area contributed by atoms with Gasteiger partial charge >= 0.3 is 0 Å². The fourth-order valence-corrected chi connectivity index (χ4v) is 0.724. The van der Waals surface area contributed by atoms with Crippen LogP contribution in [0.25, 0.3) is 0 Å². The Labute approximate surface area is 77.0 Å². The molecule has 0 aromatic rings. The number of carbonyl (C=O) groups is 2. The zero-order chi connectivity index (χ0) is 10.3. The third-order valence-corrected chi connectivity index (χ3v) is 1.38. The number of nitrogens with one attached hydrogen (secondary N) is 2. The van der Waals surface area contributed by atoms with E-state index in [1.165, 1.54) is 0 Å². The standard InChI is InChI=1S/C7H16N4O2/c1-5(11-7(13)3-9)4-10-6(12)2-8/h5H,2-4,8-9H2,1H3,(H,10,12)(H,11,13). The third kappa shape index (κ3) is 6.06. The maximum absolute atomic E-state index is 10.8. The molecule has 0 bridgehead atoms. The van der Waals surface area contributed by atoms with Gasteiger partial charge in [-0.2, -0.15) is 0 Å². The smallest absolute Gasteiger partial charge is 0.234 e. The number of carbonyl (C=O) groups excluding carboxylic acids is 2. The van der Waals surface area contributed by atoms with Crippen LogP contribution in [0.2, 0.25) is 0 Å². The van der Waals surface area contributed by atoms with Crippen LogP contribution >= 0.6 is 0 Å². The van der Waals surface area contributed by atoms with Crippen LogP contribution in [0.3, 0.4) is 0 Å². The first-order valence-corrected chi connectivity index (χ1v) is 4.06. The molecule has 1 unspecified atom stereocenters. The summed E-state index contributed by atoms with van der Waals surface area (Å²) in [5.41, 5.74) is 10.1. The Morgan fingerprint density at radius 1 is 1.23 bits per heavy atom. The molecular weight excluding hydrogens is 172 g/mol. The molecule has 0 aromatic heterocycles. The molecule has 0 radical (unpaired) electrons. The molecule has 6 N–H and O–H groups in total. The maximum atomic E-state index is 10.8. The van der Waals surface area contributed by atoms with Crippen molar-refractivity contribution in [3.8, 4) is 0 Å². The number of rotatable bonds is 5. The zero-order valence-corrected chi connectivity index (χ0v) is 7.67. The molecule has 2 amide bonds. The summed E-state index contributed by atoms with van der Waals surface area (Å²) in [6.45, 7) is 2.04.